The topological polar surface area (TPSA) is 110 Å². The molecule has 9 heteroatoms. The number of carbonyl (C=O) groups excluding carboxylic acids is 2. The minimum absolute atomic E-state index is 0.0191. The summed E-state index contributed by atoms with van der Waals surface area (Å²) in [7, 11) is -4.11. The van der Waals surface area contributed by atoms with E-state index in [1.165, 1.54) is 12.1 Å². The Kier molecular flexibility index (Phi) is 8.36. The number of rotatable bonds is 10. The Bertz CT molecular complexity index is 1360. The lowest BCUT2D eigenvalue weighted by Crippen LogP contribution is -2.46. The van der Waals surface area contributed by atoms with Gasteiger partial charge in [-0.05, 0) is 68.7 Å². The second kappa shape index (κ2) is 11.7. The molecular formula is C29H33N3O5S. The molecule has 1 aliphatic heterocycles. The Balaban J connectivity index is 1.71. The van der Waals surface area contributed by atoms with Crippen LogP contribution in [0.2, 0.25) is 0 Å². The Morgan fingerprint density at radius 3 is 2.24 bits per heavy atom. The zero-order chi connectivity index (χ0) is 27.3. The highest BCUT2D eigenvalue weighted by atomic mass is 32.2. The van der Waals surface area contributed by atoms with Crippen molar-refractivity contribution in [2.45, 2.75) is 50.1 Å². The number of ether oxygens (including phenoxy) is 1. The first-order valence-corrected chi connectivity index (χ1v) is 14.1. The molecule has 0 aromatic heterocycles. The first-order chi connectivity index (χ1) is 18.2. The zero-order valence-electron chi connectivity index (χ0n) is 21.6. The maximum Gasteiger partial charge on any atom is 0.264 e. The van der Waals surface area contributed by atoms with Gasteiger partial charge in [-0.15, -0.1) is 0 Å². The molecule has 200 valence electrons. The normalized spacial score (nSPS) is 17.3. The van der Waals surface area contributed by atoms with E-state index in [1.807, 2.05) is 44.2 Å². The molecule has 0 saturated carbocycles. The van der Waals surface area contributed by atoms with Crippen LogP contribution in [-0.2, 0) is 19.6 Å². The maximum absolute atomic E-state index is 13.9. The van der Waals surface area contributed by atoms with Crippen LogP contribution in [0.3, 0.4) is 0 Å². The maximum atomic E-state index is 13.9. The minimum Gasteiger partial charge on any atom is -0.494 e. The smallest absolute Gasteiger partial charge is 0.264 e. The standard InChI is InChI=1S/C29H33N3O5S/c1-3-37-25-14-16-26(17-15-25)38(35,36)31(23-11-9-21(2)10-12-23)20-29(34)32-24(19-28(30)33)13-18-27(32)22-7-5-4-6-8-22/h4-12,14-17,24,27H,3,13,18-20H2,1-2H3,(H2,30,33). The zero-order valence-corrected chi connectivity index (χ0v) is 22.4. The van der Waals surface area contributed by atoms with Gasteiger partial charge in [-0.1, -0.05) is 48.0 Å². The Morgan fingerprint density at radius 1 is 0.974 bits per heavy atom. The van der Waals surface area contributed by atoms with Gasteiger partial charge in [0.25, 0.3) is 10.0 Å². The average molecular weight is 536 g/mol. The molecule has 2 unspecified atom stereocenters. The molecule has 1 heterocycles. The van der Waals surface area contributed by atoms with Gasteiger partial charge < -0.3 is 15.4 Å². The van der Waals surface area contributed by atoms with E-state index in [0.717, 1.165) is 15.4 Å². The monoisotopic (exact) mass is 535 g/mol. The van der Waals surface area contributed by atoms with E-state index in [-0.39, 0.29) is 17.4 Å². The lowest BCUT2D eigenvalue weighted by molar-refractivity contribution is -0.133. The predicted molar refractivity (Wildman–Crippen MR) is 146 cm³/mol. The number of anilines is 1. The van der Waals surface area contributed by atoms with Gasteiger partial charge in [0.1, 0.15) is 12.3 Å². The minimum atomic E-state index is -4.11. The molecule has 38 heavy (non-hydrogen) atoms. The number of benzene rings is 3. The van der Waals surface area contributed by atoms with Gasteiger partial charge in [-0.25, -0.2) is 8.42 Å². The van der Waals surface area contributed by atoms with Crippen molar-refractivity contribution < 1.29 is 22.7 Å². The van der Waals surface area contributed by atoms with E-state index < -0.39 is 34.4 Å². The molecule has 2 N–H and O–H groups in total. The molecule has 2 amide bonds. The molecule has 4 rings (SSSR count). The number of primary amides is 1. The highest BCUT2D eigenvalue weighted by Crippen LogP contribution is 2.38. The number of aryl methyl sites for hydroxylation is 1. The van der Waals surface area contributed by atoms with Crippen LogP contribution in [0.5, 0.6) is 5.75 Å². The summed E-state index contributed by atoms with van der Waals surface area (Å²) in [5.74, 6) is -0.335. The molecule has 1 aliphatic rings. The number of nitrogens with two attached hydrogens (primary N) is 1. The van der Waals surface area contributed by atoms with Crippen LogP contribution in [-0.4, -0.2) is 44.3 Å². The summed E-state index contributed by atoms with van der Waals surface area (Å²) in [6.45, 7) is 3.80. The summed E-state index contributed by atoms with van der Waals surface area (Å²) in [5.41, 5.74) is 7.78. The number of nitrogens with zero attached hydrogens (tertiary/aromatic N) is 2. The van der Waals surface area contributed by atoms with Gasteiger partial charge >= 0.3 is 0 Å². The van der Waals surface area contributed by atoms with Gasteiger partial charge in [0.15, 0.2) is 0 Å². The van der Waals surface area contributed by atoms with Crippen LogP contribution in [0.15, 0.2) is 83.8 Å². The molecule has 1 saturated heterocycles. The molecule has 0 spiro atoms. The molecule has 8 nitrogen and oxygen atoms in total. The largest absolute Gasteiger partial charge is 0.494 e. The average Bonchev–Trinajstić information content (AvgIpc) is 3.32. The van der Waals surface area contributed by atoms with Crippen LogP contribution in [0.1, 0.15) is 43.4 Å². The number of amides is 2. The summed E-state index contributed by atoms with van der Waals surface area (Å²) in [5, 5.41) is 0. The first kappa shape index (κ1) is 27.2. The Morgan fingerprint density at radius 2 is 1.63 bits per heavy atom. The third-order valence-electron chi connectivity index (χ3n) is 6.74. The fourth-order valence-electron chi connectivity index (χ4n) is 4.93. The molecule has 2 atom stereocenters. The predicted octanol–water partition coefficient (Wildman–Crippen LogP) is 4.20. The Hall–Kier alpha value is -3.85. The van der Waals surface area contributed by atoms with Gasteiger partial charge in [-0.3, -0.25) is 13.9 Å². The van der Waals surface area contributed by atoms with Crippen molar-refractivity contribution in [2.24, 2.45) is 5.73 Å². The highest BCUT2D eigenvalue weighted by molar-refractivity contribution is 7.92. The molecule has 0 bridgehead atoms. The summed E-state index contributed by atoms with van der Waals surface area (Å²) >= 11 is 0. The molecule has 1 fully saturated rings. The van der Waals surface area contributed by atoms with E-state index in [1.54, 1.807) is 41.3 Å². The quantitative estimate of drug-likeness (QED) is 0.419. The molecule has 0 aliphatic carbocycles. The van der Waals surface area contributed by atoms with Crippen molar-refractivity contribution in [3.05, 3.63) is 90.0 Å². The number of carbonyl (C=O) groups is 2. The highest BCUT2D eigenvalue weighted by Gasteiger charge is 2.40. The summed E-state index contributed by atoms with van der Waals surface area (Å²) in [6, 6.07) is 22.0. The molecule has 3 aromatic carbocycles. The van der Waals surface area contributed by atoms with Crippen LogP contribution >= 0.6 is 0 Å². The lowest BCUT2D eigenvalue weighted by atomic mass is 10.0. The number of hydrogen-bond acceptors (Lipinski definition) is 5. The van der Waals surface area contributed by atoms with Crippen LogP contribution < -0.4 is 14.8 Å². The molecular weight excluding hydrogens is 502 g/mol. The Labute approximate surface area is 224 Å². The molecule has 0 radical (unpaired) electrons. The van der Waals surface area contributed by atoms with Crippen molar-refractivity contribution in [1.82, 2.24) is 4.90 Å². The fraction of sp³-hybridized carbons (Fsp3) is 0.310. The van der Waals surface area contributed by atoms with E-state index >= 15 is 0 Å². The third kappa shape index (κ3) is 5.99. The van der Waals surface area contributed by atoms with Crippen molar-refractivity contribution in [1.29, 1.82) is 0 Å². The number of likely N-dealkylation sites (tertiary alicyclic amines) is 1. The van der Waals surface area contributed by atoms with E-state index in [2.05, 4.69) is 0 Å². The third-order valence-corrected chi connectivity index (χ3v) is 8.52. The van der Waals surface area contributed by atoms with E-state index in [4.69, 9.17) is 10.5 Å². The molecule has 3 aromatic rings. The van der Waals surface area contributed by atoms with Crippen LogP contribution in [0.4, 0.5) is 5.69 Å². The number of sulfonamides is 1. The van der Waals surface area contributed by atoms with Crippen molar-refractivity contribution in [2.75, 3.05) is 17.5 Å². The lowest BCUT2D eigenvalue weighted by Gasteiger charge is -2.33. The second-order valence-electron chi connectivity index (χ2n) is 9.38. The van der Waals surface area contributed by atoms with Crippen molar-refractivity contribution >= 4 is 27.5 Å². The fourth-order valence-corrected chi connectivity index (χ4v) is 6.34. The first-order valence-electron chi connectivity index (χ1n) is 12.7. The van der Waals surface area contributed by atoms with Gasteiger partial charge in [0, 0.05) is 12.5 Å². The summed E-state index contributed by atoms with van der Waals surface area (Å²) < 4.78 is 34.4. The second-order valence-corrected chi connectivity index (χ2v) is 11.2. The van der Waals surface area contributed by atoms with E-state index in [0.29, 0.717) is 30.9 Å². The van der Waals surface area contributed by atoms with Crippen molar-refractivity contribution in [3.63, 3.8) is 0 Å². The van der Waals surface area contributed by atoms with Gasteiger partial charge in [0.05, 0.1) is 23.2 Å². The summed E-state index contributed by atoms with van der Waals surface area (Å²) in [4.78, 5) is 27.5. The van der Waals surface area contributed by atoms with Gasteiger partial charge in [0.2, 0.25) is 11.8 Å². The van der Waals surface area contributed by atoms with E-state index in [9.17, 15) is 18.0 Å². The van der Waals surface area contributed by atoms with Crippen LogP contribution in [0.25, 0.3) is 0 Å². The van der Waals surface area contributed by atoms with Gasteiger partial charge in [-0.2, -0.15) is 0 Å². The number of hydrogen-bond donors (Lipinski definition) is 1. The SMILES string of the molecule is CCOc1ccc(S(=O)(=O)N(CC(=O)N2C(CC(N)=O)CCC2c2ccccc2)c2ccc(C)cc2)cc1. The van der Waals surface area contributed by atoms with Crippen molar-refractivity contribution in [3.8, 4) is 5.75 Å². The van der Waals surface area contributed by atoms with Crippen LogP contribution in [0, 0.1) is 6.92 Å². The summed E-state index contributed by atoms with van der Waals surface area (Å²) in [6.07, 6.45) is 1.28.